The van der Waals surface area contributed by atoms with Gasteiger partial charge in [0.2, 0.25) is 0 Å². The van der Waals surface area contributed by atoms with Gasteiger partial charge in [-0.3, -0.25) is 9.97 Å². The standard InChI is InChI=1S/C18H12BClN4S/c19-18-22-10-16(25-18)15-9-14(11-5-1-2-6-12(11)20)23-17(24-15)13-7-3-4-8-21-13/h1-10H,19H2. The Kier molecular flexibility index (Phi) is 4.30. The lowest BCUT2D eigenvalue weighted by Crippen LogP contribution is -1.97. The van der Waals surface area contributed by atoms with E-state index in [0.717, 1.165) is 32.4 Å². The van der Waals surface area contributed by atoms with Crippen molar-refractivity contribution in [1.29, 1.82) is 0 Å². The van der Waals surface area contributed by atoms with Crippen molar-refractivity contribution in [2.45, 2.75) is 0 Å². The van der Waals surface area contributed by atoms with Gasteiger partial charge in [0.25, 0.3) is 0 Å². The van der Waals surface area contributed by atoms with Gasteiger partial charge in [-0.1, -0.05) is 35.9 Å². The van der Waals surface area contributed by atoms with Gasteiger partial charge in [0.15, 0.2) is 13.7 Å². The first-order valence-electron chi connectivity index (χ1n) is 7.69. The van der Waals surface area contributed by atoms with Crippen molar-refractivity contribution in [2.24, 2.45) is 0 Å². The van der Waals surface area contributed by atoms with Crippen LogP contribution in [0.3, 0.4) is 0 Å². The third kappa shape index (κ3) is 3.31. The molecule has 0 saturated carbocycles. The molecule has 0 spiro atoms. The molecule has 0 fully saturated rings. The lowest BCUT2D eigenvalue weighted by atomic mass is 10.1. The summed E-state index contributed by atoms with van der Waals surface area (Å²) >= 11 is 7.97. The number of hydrogen-bond acceptors (Lipinski definition) is 5. The van der Waals surface area contributed by atoms with Gasteiger partial charge in [0, 0.05) is 27.9 Å². The van der Waals surface area contributed by atoms with E-state index in [0.29, 0.717) is 10.8 Å². The molecule has 0 N–H and O–H groups in total. The summed E-state index contributed by atoms with van der Waals surface area (Å²) < 4.78 is 0. The molecule has 3 aromatic heterocycles. The van der Waals surface area contributed by atoms with E-state index in [2.05, 4.69) is 9.97 Å². The molecule has 0 bridgehead atoms. The third-order valence-corrected chi connectivity index (χ3v) is 4.91. The maximum Gasteiger partial charge on any atom is 0.179 e. The molecule has 120 valence electrons. The number of thiazole rings is 1. The van der Waals surface area contributed by atoms with Crippen molar-refractivity contribution in [3.8, 4) is 33.3 Å². The molecule has 0 saturated heterocycles. The quantitative estimate of drug-likeness (QED) is 0.525. The number of aromatic nitrogens is 4. The molecule has 0 amide bonds. The van der Waals surface area contributed by atoms with E-state index in [1.54, 1.807) is 17.5 Å². The van der Waals surface area contributed by atoms with Gasteiger partial charge in [-0.2, -0.15) is 0 Å². The Labute approximate surface area is 155 Å². The van der Waals surface area contributed by atoms with Crippen LogP contribution in [-0.4, -0.2) is 27.8 Å². The highest BCUT2D eigenvalue weighted by atomic mass is 35.5. The minimum Gasteiger partial charge on any atom is -0.260 e. The first-order valence-corrected chi connectivity index (χ1v) is 8.88. The average Bonchev–Trinajstić information content (AvgIpc) is 3.09. The van der Waals surface area contributed by atoms with Crippen LogP contribution >= 0.6 is 22.9 Å². The van der Waals surface area contributed by atoms with E-state index in [-0.39, 0.29) is 0 Å². The molecule has 3 heterocycles. The first kappa shape index (κ1) is 15.9. The Hall–Kier alpha value is -2.57. The highest BCUT2D eigenvalue weighted by Gasteiger charge is 2.13. The minimum absolute atomic E-state index is 0.569. The largest absolute Gasteiger partial charge is 0.260 e. The average molecular weight is 363 g/mol. The van der Waals surface area contributed by atoms with Crippen LogP contribution in [0.5, 0.6) is 0 Å². The third-order valence-electron chi connectivity index (χ3n) is 3.64. The summed E-state index contributed by atoms with van der Waals surface area (Å²) in [5.41, 5.74) is 3.17. The zero-order chi connectivity index (χ0) is 17.2. The van der Waals surface area contributed by atoms with Gasteiger partial charge in [0.1, 0.15) is 5.69 Å². The zero-order valence-corrected chi connectivity index (χ0v) is 14.9. The van der Waals surface area contributed by atoms with Gasteiger partial charge >= 0.3 is 0 Å². The van der Waals surface area contributed by atoms with Crippen molar-refractivity contribution in [3.05, 3.63) is 65.9 Å². The van der Waals surface area contributed by atoms with Gasteiger partial charge in [-0.25, -0.2) is 9.97 Å². The summed E-state index contributed by atoms with van der Waals surface area (Å²) in [5, 5.41) is 0.652. The molecule has 0 aliphatic carbocycles. The SMILES string of the molecule is Bc1ncc(-c2cc(-c3ccccc3Cl)nc(-c3ccccn3)n2)s1. The van der Waals surface area contributed by atoms with E-state index in [4.69, 9.17) is 21.6 Å². The van der Waals surface area contributed by atoms with Crippen LogP contribution in [0.25, 0.3) is 33.3 Å². The minimum atomic E-state index is 0.569. The Bertz CT molecular complexity index is 1040. The number of rotatable bonds is 3. The van der Waals surface area contributed by atoms with Crippen LogP contribution in [0.4, 0.5) is 0 Å². The number of nitrogens with zero attached hydrogens (tertiary/aromatic N) is 4. The fourth-order valence-electron chi connectivity index (χ4n) is 2.47. The molecule has 25 heavy (non-hydrogen) atoms. The highest BCUT2D eigenvalue weighted by molar-refractivity contribution is 7.22. The Balaban J connectivity index is 1.94. The maximum atomic E-state index is 6.37. The summed E-state index contributed by atoms with van der Waals surface area (Å²) in [6, 6.07) is 15.3. The van der Waals surface area contributed by atoms with Crippen molar-refractivity contribution in [3.63, 3.8) is 0 Å². The molecule has 0 aliphatic heterocycles. The van der Waals surface area contributed by atoms with Crippen molar-refractivity contribution >= 4 is 35.7 Å². The van der Waals surface area contributed by atoms with E-state index in [9.17, 15) is 0 Å². The molecule has 0 unspecified atom stereocenters. The van der Waals surface area contributed by atoms with E-state index >= 15 is 0 Å². The van der Waals surface area contributed by atoms with Crippen LogP contribution in [-0.2, 0) is 0 Å². The van der Waals surface area contributed by atoms with E-state index < -0.39 is 0 Å². The zero-order valence-electron chi connectivity index (χ0n) is 13.3. The van der Waals surface area contributed by atoms with Crippen molar-refractivity contribution in [1.82, 2.24) is 19.9 Å². The van der Waals surface area contributed by atoms with Gasteiger partial charge in [-0.05, 0) is 24.3 Å². The second kappa shape index (κ2) is 6.74. The number of halogens is 1. The van der Waals surface area contributed by atoms with Crippen LogP contribution in [0, 0.1) is 0 Å². The fourth-order valence-corrected chi connectivity index (χ4v) is 3.44. The van der Waals surface area contributed by atoms with E-state index in [1.807, 2.05) is 62.6 Å². The summed E-state index contributed by atoms with van der Waals surface area (Å²) in [6.45, 7) is 0. The topological polar surface area (TPSA) is 51.6 Å². The number of pyridine rings is 1. The van der Waals surface area contributed by atoms with Crippen molar-refractivity contribution < 1.29 is 0 Å². The van der Waals surface area contributed by atoms with Gasteiger partial charge < -0.3 is 0 Å². The van der Waals surface area contributed by atoms with E-state index in [1.165, 1.54) is 0 Å². The van der Waals surface area contributed by atoms with Crippen LogP contribution < -0.4 is 4.91 Å². The Morgan fingerprint density at radius 2 is 1.68 bits per heavy atom. The predicted octanol–water partition coefficient (Wildman–Crippen LogP) is 3.24. The summed E-state index contributed by atoms with van der Waals surface area (Å²) in [6.07, 6.45) is 3.57. The summed E-state index contributed by atoms with van der Waals surface area (Å²) in [7, 11) is 1.98. The second-order valence-corrected chi connectivity index (χ2v) is 7.04. The summed E-state index contributed by atoms with van der Waals surface area (Å²) in [4.78, 5) is 20.1. The molecule has 1 aromatic carbocycles. The normalized spacial score (nSPS) is 10.8. The van der Waals surface area contributed by atoms with Crippen LogP contribution in [0.15, 0.2) is 60.9 Å². The fraction of sp³-hybridized carbons (Fsp3) is 0. The predicted molar refractivity (Wildman–Crippen MR) is 105 cm³/mol. The monoisotopic (exact) mass is 362 g/mol. The number of benzene rings is 1. The molecule has 4 aromatic rings. The molecule has 0 atom stereocenters. The smallest absolute Gasteiger partial charge is 0.179 e. The lowest BCUT2D eigenvalue weighted by Gasteiger charge is -2.08. The highest BCUT2D eigenvalue weighted by Crippen LogP contribution is 2.31. The molecule has 0 radical (unpaired) electrons. The molecular formula is C18H12BClN4S. The lowest BCUT2D eigenvalue weighted by molar-refractivity contribution is 1.15. The maximum absolute atomic E-state index is 6.37. The molecule has 4 rings (SSSR count). The second-order valence-electron chi connectivity index (χ2n) is 5.40. The Morgan fingerprint density at radius 3 is 2.40 bits per heavy atom. The van der Waals surface area contributed by atoms with Gasteiger partial charge in [0.05, 0.1) is 16.3 Å². The van der Waals surface area contributed by atoms with Crippen molar-refractivity contribution in [2.75, 3.05) is 0 Å². The summed E-state index contributed by atoms with van der Waals surface area (Å²) in [5.74, 6) is 0.569. The van der Waals surface area contributed by atoms with Crippen LogP contribution in [0.1, 0.15) is 0 Å². The molecule has 4 nitrogen and oxygen atoms in total. The molecule has 0 aliphatic rings. The van der Waals surface area contributed by atoms with Gasteiger partial charge in [-0.15, -0.1) is 11.3 Å². The number of hydrogen-bond donors (Lipinski definition) is 0. The Morgan fingerprint density at radius 1 is 0.880 bits per heavy atom. The molecule has 7 heteroatoms. The van der Waals surface area contributed by atoms with Crippen LogP contribution in [0.2, 0.25) is 5.02 Å². The first-order chi connectivity index (χ1) is 12.2. The molecular weight excluding hydrogens is 351 g/mol.